The lowest BCUT2D eigenvalue weighted by molar-refractivity contribution is -0.138. The van der Waals surface area contributed by atoms with Gasteiger partial charge in [0.2, 0.25) is 5.91 Å². The molecule has 104 valence electrons. The maximum atomic E-state index is 12.7. The zero-order valence-electron chi connectivity index (χ0n) is 11.5. The number of nitrogens with one attached hydrogen (secondary N) is 1. The molecule has 1 N–H and O–H groups in total. The van der Waals surface area contributed by atoms with E-state index in [0.717, 1.165) is 38.0 Å². The van der Waals surface area contributed by atoms with Crippen LogP contribution >= 0.6 is 0 Å². The number of carbonyl (C=O) groups is 1. The van der Waals surface area contributed by atoms with E-state index in [1.165, 1.54) is 0 Å². The third kappa shape index (κ3) is 3.00. The first-order valence-electron chi connectivity index (χ1n) is 7.30. The van der Waals surface area contributed by atoms with E-state index in [0.29, 0.717) is 24.5 Å². The second-order valence-electron chi connectivity index (χ2n) is 5.85. The fourth-order valence-corrected chi connectivity index (χ4v) is 2.93. The summed E-state index contributed by atoms with van der Waals surface area (Å²) in [6, 6.07) is 4.74. The Hall–Kier alpha value is -1.29. The Morgan fingerprint density at radius 1 is 1.47 bits per heavy atom. The molecule has 19 heavy (non-hydrogen) atoms. The number of furan rings is 1. The van der Waals surface area contributed by atoms with Crippen molar-refractivity contribution in [2.45, 2.75) is 51.2 Å². The van der Waals surface area contributed by atoms with E-state index in [-0.39, 0.29) is 5.92 Å². The van der Waals surface area contributed by atoms with Crippen molar-refractivity contribution in [3.05, 3.63) is 24.2 Å². The second kappa shape index (κ2) is 5.37. The van der Waals surface area contributed by atoms with Crippen molar-refractivity contribution in [2.24, 2.45) is 5.92 Å². The van der Waals surface area contributed by atoms with Crippen LogP contribution in [0.3, 0.4) is 0 Å². The van der Waals surface area contributed by atoms with Crippen LogP contribution in [0.25, 0.3) is 0 Å². The number of nitrogens with zero attached hydrogens (tertiary/aromatic N) is 1. The summed E-state index contributed by atoms with van der Waals surface area (Å²) in [7, 11) is 0. The van der Waals surface area contributed by atoms with Gasteiger partial charge in [0.15, 0.2) is 0 Å². The van der Waals surface area contributed by atoms with E-state index >= 15 is 0 Å². The van der Waals surface area contributed by atoms with Crippen LogP contribution in [0.15, 0.2) is 22.8 Å². The molecule has 0 radical (unpaired) electrons. The first-order valence-corrected chi connectivity index (χ1v) is 7.30. The van der Waals surface area contributed by atoms with Gasteiger partial charge in [-0.25, -0.2) is 0 Å². The van der Waals surface area contributed by atoms with Gasteiger partial charge in [0.05, 0.1) is 12.8 Å². The lowest BCUT2D eigenvalue weighted by atomic mass is 9.92. The first kappa shape index (κ1) is 12.7. The van der Waals surface area contributed by atoms with Crippen LogP contribution in [-0.2, 0) is 11.3 Å². The van der Waals surface area contributed by atoms with Gasteiger partial charge >= 0.3 is 0 Å². The summed E-state index contributed by atoms with van der Waals surface area (Å²) in [5, 5.41) is 3.41. The minimum absolute atomic E-state index is 0.187. The van der Waals surface area contributed by atoms with E-state index < -0.39 is 0 Å². The molecule has 0 aromatic carbocycles. The van der Waals surface area contributed by atoms with Crippen LogP contribution in [0.2, 0.25) is 0 Å². The highest BCUT2D eigenvalue weighted by Crippen LogP contribution is 2.31. The van der Waals surface area contributed by atoms with Crippen LogP contribution in [0.1, 0.15) is 38.4 Å². The number of amides is 1. The average molecular weight is 262 g/mol. The van der Waals surface area contributed by atoms with Gasteiger partial charge in [-0.05, 0) is 51.3 Å². The largest absolute Gasteiger partial charge is 0.467 e. The minimum Gasteiger partial charge on any atom is -0.467 e. The van der Waals surface area contributed by atoms with Crippen LogP contribution in [0.4, 0.5) is 0 Å². The van der Waals surface area contributed by atoms with Crippen LogP contribution in [-0.4, -0.2) is 29.4 Å². The predicted molar refractivity (Wildman–Crippen MR) is 72.5 cm³/mol. The molecule has 2 atom stereocenters. The Balaban J connectivity index is 1.67. The molecule has 2 unspecified atom stereocenters. The Labute approximate surface area is 114 Å². The van der Waals surface area contributed by atoms with Crippen molar-refractivity contribution in [3.63, 3.8) is 0 Å². The number of hydrogen-bond donors (Lipinski definition) is 1. The highest BCUT2D eigenvalue weighted by molar-refractivity contribution is 5.79. The molecule has 1 aromatic heterocycles. The normalized spacial score (nSPS) is 27.2. The fourth-order valence-electron chi connectivity index (χ4n) is 2.93. The van der Waals surface area contributed by atoms with Crippen molar-refractivity contribution in [1.82, 2.24) is 10.2 Å². The van der Waals surface area contributed by atoms with Crippen LogP contribution in [0, 0.1) is 5.92 Å². The smallest absolute Gasteiger partial charge is 0.226 e. The quantitative estimate of drug-likeness (QED) is 0.904. The number of piperidine rings is 1. The van der Waals surface area contributed by atoms with E-state index in [9.17, 15) is 4.79 Å². The van der Waals surface area contributed by atoms with E-state index in [2.05, 4.69) is 12.2 Å². The van der Waals surface area contributed by atoms with Crippen LogP contribution < -0.4 is 5.32 Å². The van der Waals surface area contributed by atoms with Crippen molar-refractivity contribution >= 4 is 5.91 Å². The Morgan fingerprint density at radius 3 is 2.95 bits per heavy atom. The molecule has 0 spiro atoms. The monoisotopic (exact) mass is 262 g/mol. The van der Waals surface area contributed by atoms with Gasteiger partial charge in [-0.1, -0.05) is 0 Å². The number of carbonyl (C=O) groups excluding carboxylic acids is 1. The summed E-state index contributed by atoms with van der Waals surface area (Å²) in [6.45, 7) is 3.75. The fraction of sp³-hybridized carbons (Fsp3) is 0.667. The minimum atomic E-state index is 0.187. The summed E-state index contributed by atoms with van der Waals surface area (Å²) < 4.78 is 5.39. The molecule has 4 heteroatoms. The van der Waals surface area contributed by atoms with Crippen molar-refractivity contribution in [2.75, 3.05) is 6.54 Å². The molecule has 1 aliphatic carbocycles. The summed E-state index contributed by atoms with van der Waals surface area (Å²) in [6.07, 6.45) is 5.89. The summed E-state index contributed by atoms with van der Waals surface area (Å²) in [4.78, 5) is 14.8. The van der Waals surface area contributed by atoms with Gasteiger partial charge in [-0.3, -0.25) is 4.79 Å². The van der Waals surface area contributed by atoms with Gasteiger partial charge in [-0.15, -0.1) is 0 Å². The summed E-state index contributed by atoms with van der Waals surface area (Å²) in [5.74, 6) is 1.40. The Morgan fingerprint density at radius 2 is 2.32 bits per heavy atom. The summed E-state index contributed by atoms with van der Waals surface area (Å²) >= 11 is 0. The molecule has 1 amide bonds. The molecule has 2 heterocycles. The molecule has 2 aliphatic rings. The average Bonchev–Trinajstić information content (AvgIpc) is 3.12. The molecule has 3 rings (SSSR count). The first-order chi connectivity index (χ1) is 9.24. The predicted octanol–water partition coefficient (Wildman–Crippen LogP) is 2.16. The Bertz CT molecular complexity index is 425. The third-order valence-electron chi connectivity index (χ3n) is 4.15. The highest BCUT2D eigenvalue weighted by Gasteiger charge is 2.37. The van der Waals surface area contributed by atoms with Crippen LogP contribution in [0.5, 0.6) is 0 Å². The van der Waals surface area contributed by atoms with Crippen molar-refractivity contribution < 1.29 is 9.21 Å². The third-order valence-corrected chi connectivity index (χ3v) is 4.15. The van der Waals surface area contributed by atoms with Gasteiger partial charge in [0.1, 0.15) is 5.76 Å². The zero-order valence-corrected chi connectivity index (χ0v) is 11.5. The topological polar surface area (TPSA) is 45.5 Å². The molecule has 4 nitrogen and oxygen atoms in total. The highest BCUT2D eigenvalue weighted by atomic mass is 16.3. The molecule has 1 aromatic rings. The standard InChI is InChI=1S/C15H22N2O2/c1-11-9-12(6-7-16-11)15(18)17(13-4-5-13)10-14-3-2-8-19-14/h2-3,8,11-13,16H,4-7,9-10H2,1H3. The number of hydrogen-bond acceptors (Lipinski definition) is 3. The van der Waals surface area contributed by atoms with E-state index in [1.54, 1.807) is 6.26 Å². The van der Waals surface area contributed by atoms with Gasteiger partial charge < -0.3 is 14.6 Å². The van der Waals surface area contributed by atoms with Gasteiger partial charge in [-0.2, -0.15) is 0 Å². The van der Waals surface area contributed by atoms with Crippen molar-refractivity contribution in [1.29, 1.82) is 0 Å². The van der Waals surface area contributed by atoms with Crippen molar-refractivity contribution in [3.8, 4) is 0 Å². The Kier molecular flexibility index (Phi) is 3.60. The molecule has 1 aliphatic heterocycles. The molecular weight excluding hydrogens is 240 g/mol. The maximum absolute atomic E-state index is 12.7. The SMILES string of the molecule is CC1CC(C(=O)N(Cc2ccco2)C2CC2)CCN1. The summed E-state index contributed by atoms with van der Waals surface area (Å²) in [5.41, 5.74) is 0. The van der Waals surface area contributed by atoms with E-state index in [1.807, 2.05) is 17.0 Å². The lowest BCUT2D eigenvalue weighted by Gasteiger charge is -2.32. The molecule has 0 bridgehead atoms. The van der Waals surface area contributed by atoms with Gasteiger partial charge in [0.25, 0.3) is 0 Å². The molecule has 1 saturated heterocycles. The number of rotatable bonds is 4. The molecule has 1 saturated carbocycles. The van der Waals surface area contributed by atoms with E-state index in [4.69, 9.17) is 4.42 Å². The maximum Gasteiger partial charge on any atom is 0.226 e. The molecule has 2 fully saturated rings. The molecular formula is C15H22N2O2. The zero-order chi connectivity index (χ0) is 13.2. The van der Waals surface area contributed by atoms with Gasteiger partial charge in [0, 0.05) is 18.0 Å². The lowest BCUT2D eigenvalue weighted by Crippen LogP contribution is -2.44. The second-order valence-corrected chi connectivity index (χ2v) is 5.85.